The van der Waals surface area contributed by atoms with E-state index in [4.69, 9.17) is 9.47 Å². The van der Waals surface area contributed by atoms with Gasteiger partial charge in [-0.3, -0.25) is 9.59 Å². The molecule has 210 valence electrons. The molecule has 0 aliphatic carbocycles. The van der Waals surface area contributed by atoms with E-state index in [-0.39, 0.29) is 11.8 Å². The van der Waals surface area contributed by atoms with Crippen LogP contribution in [0, 0.1) is 5.92 Å². The number of ether oxygens (including phenoxy) is 2. The zero-order valence-electron chi connectivity index (χ0n) is 23.7. The lowest BCUT2D eigenvalue weighted by atomic mass is 9.78. The van der Waals surface area contributed by atoms with Crippen LogP contribution in [0.3, 0.4) is 0 Å². The predicted octanol–water partition coefficient (Wildman–Crippen LogP) is 4.74. The molecule has 2 aromatic rings. The molecule has 4 atom stereocenters. The lowest BCUT2D eigenvalue weighted by molar-refractivity contribution is -0.136. The molecule has 0 aromatic heterocycles. The normalized spacial score (nSPS) is 25.1. The fourth-order valence-corrected chi connectivity index (χ4v) is 7.12. The van der Waals surface area contributed by atoms with Crippen LogP contribution in [-0.2, 0) is 9.53 Å². The molecule has 7 nitrogen and oxygen atoms in total. The van der Waals surface area contributed by atoms with Gasteiger partial charge in [0.15, 0.2) is 0 Å². The summed E-state index contributed by atoms with van der Waals surface area (Å²) in [6, 6.07) is 15.6. The third kappa shape index (κ3) is 5.71. The molecule has 3 aliphatic heterocycles. The second kappa shape index (κ2) is 12.5. The van der Waals surface area contributed by atoms with Crippen molar-refractivity contribution in [2.75, 3.05) is 54.1 Å². The average molecular weight is 534 g/mol. The number of carbonyl (C=O) groups excluding carboxylic acids is 2. The first kappa shape index (κ1) is 27.7. The zero-order valence-corrected chi connectivity index (χ0v) is 23.7. The summed E-state index contributed by atoms with van der Waals surface area (Å²) < 4.78 is 10.8. The summed E-state index contributed by atoms with van der Waals surface area (Å²) in [4.78, 5) is 34.8. The van der Waals surface area contributed by atoms with Gasteiger partial charge in [0.05, 0.1) is 19.1 Å². The molecule has 39 heavy (non-hydrogen) atoms. The number of carbonyl (C=O) groups is 2. The molecule has 3 heterocycles. The molecule has 0 saturated carbocycles. The molecule has 2 aromatic carbocycles. The van der Waals surface area contributed by atoms with Crippen LogP contribution in [0.2, 0.25) is 0 Å². The quantitative estimate of drug-likeness (QED) is 0.436. The van der Waals surface area contributed by atoms with Crippen molar-refractivity contribution in [3.8, 4) is 5.75 Å². The first-order chi connectivity index (χ1) is 19.0. The van der Waals surface area contributed by atoms with E-state index < -0.39 is 12.0 Å². The number of benzene rings is 2. The number of hydrogen-bond acceptors (Lipinski definition) is 5. The Bertz CT molecular complexity index is 1130. The molecule has 7 heteroatoms. The highest BCUT2D eigenvalue weighted by molar-refractivity contribution is 6.01. The molecule has 0 spiro atoms. The lowest BCUT2D eigenvalue weighted by Crippen LogP contribution is -2.53. The van der Waals surface area contributed by atoms with Crippen molar-refractivity contribution >= 4 is 11.8 Å². The van der Waals surface area contributed by atoms with Gasteiger partial charge in [-0.1, -0.05) is 36.8 Å². The van der Waals surface area contributed by atoms with Gasteiger partial charge in [0, 0.05) is 45.5 Å². The maximum atomic E-state index is 14.8. The molecule has 0 radical (unpaired) electrons. The number of fused-ring (bicyclic) bond motifs is 2. The van der Waals surface area contributed by atoms with Crippen LogP contribution < -0.4 is 4.74 Å². The molecule has 0 unspecified atom stereocenters. The van der Waals surface area contributed by atoms with Crippen molar-refractivity contribution in [2.24, 2.45) is 5.92 Å². The Balaban J connectivity index is 1.51. The summed E-state index contributed by atoms with van der Waals surface area (Å²) in [6.07, 6.45) is 6.93. The van der Waals surface area contributed by atoms with Gasteiger partial charge in [-0.25, -0.2) is 0 Å². The highest BCUT2D eigenvalue weighted by atomic mass is 16.5. The SMILES string of the molecule is COCCCN(C[C@@H]1CCCN2CCCC[C@H]12)C(=O)[C@@H]1c2ccccc2C(=O)N(C)[C@@H]1c1ccc(OC)cc1. The van der Waals surface area contributed by atoms with Gasteiger partial charge in [0.1, 0.15) is 5.75 Å². The Morgan fingerprint density at radius 3 is 2.54 bits per heavy atom. The van der Waals surface area contributed by atoms with E-state index >= 15 is 0 Å². The summed E-state index contributed by atoms with van der Waals surface area (Å²) in [5.74, 6) is 0.801. The van der Waals surface area contributed by atoms with Crippen molar-refractivity contribution in [2.45, 2.75) is 56.5 Å². The maximum absolute atomic E-state index is 14.8. The van der Waals surface area contributed by atoms with Crippen LogP contribution >= 0.6 is 0 Å². The number of methoxy groups -OCH3 is 2. The van der Waals surface area contributed by atoms with E-state index in [1.54, 1.807) is 19.1 Å². The number of hydrogen-bond donors (Lipinski definition) is 0. The molecule has 3 aliphatic rings. The lowest BCUT2D eigenvalue weighted by Gasteiger charge is -2.47. The van der Waals surface area contributed by atoms with Gasteiger partial charge in [-0.05, 0) is 80.4 Å². The highest BCUT2D eigenvalue weighted by Gasteiger charge is 2.45. The van der Waals surface area contributed by atoms with E-state index in [1.807, 2.05) is 55.6 Å². The summed E-state index contributed by atoms with van der Waals surface area (Å²) in [5.41, 5.74) is 2.38. The van der Waals surface area contributed by atoms with E-state index in [0.29, 0.717) is 30.7 Å². The van der Waals surface area contributed by atoms with Gasteiger partial charge >= 0.3 is 0 Å². The highest BCUT2D eigenvalue weighted by Crippen LogP contribution is 2.43. The van der Waals surface area contributed by atoms with Gasteiger partial charge in [0.25, 0.3) is 5.91 Å². The topological polar surface area (TPSA) is 62.3 Å². The van der Waals surface area contributed by atoms with E-state index in [9.17, 15) is 9.59 Å². The summed E-state index contributed by atoms with van der Waals surface area (Å²) >= 11 is 0. The van der Waals surface area contributed by atoms with Gasteiger partial charge in [0.2, 0.25) is 5.91 Å². The fourth-order valence-electron chi connectivity index (χ4n) is 7.12. The minimum absolute atomic E-state index is 0.0495. The molecular weight excluding hydrogens is 490 g/mol. The average Bonchev–Trinajstić information content (AvgIpc) is 2.98. The maximum Gasteiger partial charge on any atom is 0.254 e. The Morgan fingerprint density at radius 1 is 1.00 bits per heavy atom. The molecule has 2 fully saturated rings. The van der Waals surface area contributed by atoms with Crippen LogP contribution in [0.25, 0.3) is 0 Å². The Hall–Kier alpha value is -2.90. The summed E-state index contributed by atoms with van der Waals surface area (Å²) in [6.45, 7) is 4.39. The standard InChI is InChI=1S/C32H43N3O4/c1-33-30(23-14-16-25(39-3)17-15-23)29(26-11-4-5-12-27(26)31(33)36)32(37)35(20-9-21-38-2)22-24-10-8-19-34-18-7-6-13-28(24)34/h4-5,11-12,14-17,24,28-30H,6-10,13,18-22H2,1-3H3/t24-,28+,29+,30+/m0/s1. The van der Waals surface area contributed by atoms with Crippen molar-refractivity contribution in [1.82, 2.24) is 14.7 Å². The van der Waals surface area contributed by atoms with E-state index in [0.717, 1.165) is 36.3 Å². The monoisotopic (exact) mass is 533 g/mol. The first-order valence-electron chi connectivity index (χ1n) is 14.5. The number of piperidine rings is 2. The third-order valence-electron chi connectivity index (χ3n) is 9.07. The van der Waals surface area contributed by atoms with Crippen LogP contribution in [-0.4, -0.2) is 86.6 Å². The van der Waals surface area contributed by atoms with Gasteiger partial charge in [-0.15, -0.1) is 0 Å². The Kier molecular flexibility index (Phi) is 8.88. The van der Waals surface area contributed by atoms with Gasteiger partial charge in [-0.2, -0.15) is 0 Å². The summed E-state index contributed by atoms with van der Waals surface area (Å²) in [5, 5.41) is 0. The van der Waals surface area contributed by atoms with Crippen molar-refractivity contribution in [1.29, 1.82) is 0 Å². The van der Waals surface area contributed by atoms with Gasteiger partial charge < -0.3 is 24.2 Å². The van der Waals surface area contributed by atoms with Crippen LogP contribution in [0.1, 0.15) is 72.0 Å². The minimum atomic E-state index is -0.481. The van der Waals surface area contributed by atoms with E-state index in [1.165, 1.54) is 38.8 Å². The van der Waals surface area contributed by atoms with Crippen molar-refractivity contribution < 1.29 is 19.1 Å². The number of amides is 2. The number of likely N-dealkylation sites (N-methyl/N-ethyl adjacent to an activating group) is 1. The van der Waals surface area contributed by atoms with Crippen LogP contribution in [0.15, 0.2) is 48.5 Å². The first-order valence-corrected chi connectivity index (χ1v) is 14.5. The molecule has 5 rings (SSSR count). The van der Waals surface area contributed by atoms with Crippen LogP contribution in [0.5, 0.6) is 5.75 Å². The molecule has 0 N–H and O–H groups in total. The Labute approximate surface area is 233 Å². The van der Waals surface area contributed by atoms with Crippen molar-refractivity contribution in [3.05, 3.63) is 65.2 Å². The summed E-state index contributed by atoms with van der Waals surface area (Å²) in [7, 11) is 5.18. The number of rotatable bonds is 9. The fraction of sp³-hybridized carbons (Fsp3) is 0.562. The predicted molar refractivity (Wildman–Crippen MR) is 152 cm³/mol. The smallest absolute Gasteiger partial charge is 0.254 e. The molecular formula is C32H43N3O4. The molecule has 2 saturated heterocycles. The van der Waals surface area contributed by atoms with Crippen LogP contribution in [0.4, 0.5) is 0 Å². The molecule has 2 amide bonds. The largest absolute Gasteiger partial charge is 0.497 e. The second-order valence-corrected chi connectivity index (χ2v) is 11.3. The number of nitrogens with zero attached hydrogens (tertiary/aromatic N) is 3. The van der Waals surface area contributed by atoms with E-state index in [2.05, 4.69) is 9.80 Å². The third-order valence-corrected chi connectivity index (χ3v) is 9.07. The minimum Gasteiger partial charge on any atom is -0.497 e. The van der Waals surface area contributed by atoms with Crippen molar-refractivity contribution in [3.63, 3.8) is 0 Å². The molecule has 0 bridgehead atoms. The Morgan fingerprint density at radius 2 is 1.77 bits per heavy atom. The zero-order chi connectivity index (χ0) is 27.4. The second-order valence-electron chi connectivity index (χ2n) is 11.3.